The van der Waals surface area contributed by atoms with Gasteiger partial charge >= 0.3 is 12.2 Å². The minimum absolute atomic E-state index is 1.32. The van der Waals surface area contributed by atoms with Crippen LogP contribution in [0.3, 0.4) is 0 Å². The van der Waals surface area contributed by atoms with Gasteiger partial charge in [-0.25, -0.2) is 9.59 Å². The van der Waals surface area contributed by atoms with Gasteiger partial charge in [0.05, 0.1) is 0 Å². The number of unbranched alkanes of at least 4 members (excludes halogenated alkanes) is 1. The van der Waals surface area contributed by atoms with Gasteiger partial charge in [-0.1, -0.05) is 36.9 Å². The second kappa shape index (κ2) is 9.54. The number of hydrogen-bond acceptors (Lipinski definition) is 2. The summed E-state index contributed by atoms with van der Waals surface area (Å²) in [6, 6.07) is 0. The van der Waals surface area contributed by atoms with E-state index in [1.165, 1.54) is 12.8 Å². The van der Waals surface area contributed by atoms with Crippen molar-refractivity contribution in [2.24, 2.45) is 10.2 Å². The van der Waals surface area contributed by atoms with Gasteiger partial charge in [0.25, 0.3) is 0 Å². The van der Waals surface area contributed by atoms with Crippen LogP contribution in [0.15, 0.2) is 10.2 Å². The molecule has 2 amide bonds. The third-order valence-corrected chi connectivity index (χ3v) is 0.721. The quantitative estimate of drug-likeness (QED) is 0.599. The minimum Gasteiger partial charge on any atom is -0.462 e. The van der Waals surface area contributed by atoms with Crippen LogP contribution in [0.1, 0.15) is 26.7 Å². The van der Waals surface area contributed by atoms with Crippen molar-refractivity contribution in [3.8, 4) is 0 Å². The molecule has 0 heterocycles. The van der Waals surface area contributed by atoms with Crippen molar-refractivity contribution in [3.05, 3.63) is 0 Å². The Labute approximate surface area is 69.9 Å². The molecule has 0 rings (SSSR count). The Kier molecular flexibility index (Phi) is 10.5. The molecule has 0 aromatic rings. The van der Waals surface area contributed by atoms with Crippen LogP contribution >= 0.6 is 0 Å². The molecule has 0 fully saturated rings. The average molecular weight is 176 g/mol. The first-order chi connectivity index (χ1) is 5.54. The standard InChI is InChI=1S/C4H10.C2H2N2O4/c1-3-4-2;5-1(6)3-4-2(7)8/h3-4H2,1-2H3;(H,5,6)(H,7,8). The summed E-state index contributed by atoms with van der Waals surface area (Å²) in [7, 11) is 0. The van der Waals surface area contributed by atoms with E-state index in [2.05, 4.69) is 24.1 Å². The number of amides is 2. The molecule has 0 saturated carbocycles. The van der Waals surface area contributed by atoms with Crippen LogP contribution in [-0.4, -0.2) is 22.4 Å². The molecule has 0 radical (unpaired) electrons. The van der Waals surface area contributed by atoms with E-state index in [1.54, 1.807) is 0 Å². The van der Waals surface area contributed by atoms with Crippen molar-refractivity contribution in [2.75, 3.05) is 0 Å². The highest BCUT2D eigenvalue weighted by molar-refractivity contribution is 5.70. The van der Waals surface area contributed by atoms with Crippen molar-refractivity contribution in [1.29, 1.82) is 0 Å². The van der Waals surface area contributed by atoms with Crippen LogP contribution in [0.2, 0.25) is 0 Å². The second-order valence-corrected chi connectivity index (χ2v) is 1.77. The molecule has 0 aliphatic rings. The van der Waals surface area contributed by atoms with Gasteiger partial charge in [-0.05, 0) is 0 Å². The van der Waals surface area contributed by atoms with Crippen LogP contribution in [0.5, 0.6) is 0 Å². The fourth-order valence-corrected chi connectivity index (χ4v) is 0.0855. The van der Waals surface area contributed by atoms with E-state index in [0.717, 1.165) is 0 Å². The Hall–Kier alpha value is -1.46. The fraction of sp³-hybridized carbons (Fsp3) is 0.667. The first-order valence-corrected chi connectivity index (χ1v) is 3.42. The molecule has 70 valence electrons. The van der Waals surface area contributed by atoms with Crippen molar-refractivity contribution in [2.45, 2.75) is 26.7 Å². The smallest absolute Gasteiger partial charge is 0.450 e. The predicted octanol–water partition coefficient (Wildman–Crippen LogP) is 2.60. The molecule has 0 aromatic carbocycles. The minimum atomic E-state index is -1.62. The first-order valence-electron chi connectivity index (χ1n) is 3.42. The normalized spacial score (nSPS) is 8.83. The maximum absolute atomic E-state index is 9.38. The zero-order valence-electron chi connectivity index (χ0n) is 7.02. The highest BCUT2D eigenvalue weighted by Crippen LogP contribution is 1.77. The van der Waals surface area contributed by atoms with E-state index in [0.29, 0.717) is 0 Å². The van der Waals surface area contributed by atoms with Gasteiger partial charge in [-0.15, -0.1) is 0 Å². The summed E-state index contributed by atoms with van der Waals surface area (Å²) >= 11 is 0. The predicted molar refractivity (Wildman–Crippen MR) is 41.5 cm³/mol. The molecule has 6 heteroatoms. The number of carboxylic acid groups (broad SMARTS) is 2. The number of hydrogen-bond donors (Lipinski definition) is 2. The lowest BCUT2D eigenvalue weighted by molar-refractivity contribution is 0.194. The van der Waals surface area contributed by atoms with E-state index < -0.39 is 12.2 Å². The summed E-state index contributed by atoms with van der Waals surface area (Å²) in [5.74, 6) is 0. The van der Waals surface area contributed by atoms with E-state index >= 15 is 0 Å². The van der Waals surface area contributed by atoms with Crippen LogP contribution in [0.4, 0.5) is 9.59 Å². The lowest BCUT2D eigenvalue weighted by Gasteiger charge is -1.72. The summed E-state index contributed by atoms with van der Waals surface area (Å²) < 4.78 is 0. The van der Waals surface area contributed by atoms with Crippen LogP contribution in [-0.2, 0) is 0 Å². The van der Waals surface area contributed by atoms with Crippen molar-refractivity contribution in [1.82, 2.24) is 0 Å². The van der Waals surface area contributed by atoms with Gasteiger partial charge in [0.2, 0.25) is 0 Å². The summed E-state index contributed by atoms with van der Waals surface area (Å²) in [4.78, 5) is 18.8. The molecule has 2 N–H and O–H groups in total. The SMILES string of the molecule is CCCC.O=C(O)N=NC(=O)O. The largest absolute Gasteiger partial charge is 0.462 e. The monoisotopic (exact) mass is 176 g/mol. The molecule has 0 aliphatic carbocycles. The Bertz CT molecular complexity index is 149. The Morgan fingerprint density at radius 2 is 1.25 bits per heavy atom. The zero-order chi connectivity index (χ0) is 9.98. The van der Waals surface area contributed by atoms with Crippen molar-refractivity contribution in [3.63, 3.8) is 0 Å². The van der Waals surface area contributed by atoms with E-state index in [1.807, 2.05) is 0 Å². The Morgan fingerprint density at radius 1 is 1.00 bits per heavy atom. The van der Waals surface area contributed by atoms with Gasteiger partial charge in [0, 0.05) is 0 Å². The fourth-order valence-electron chi connectivity index (χ4n) is 0.0855. The van der Waals surface area contributed by atoms with E-state index in [9.17, 15) is 9.59 Å². The zero-order valence-corrected chi connectivity index (χ0v) is 7.02. The summed E-state index contributed by atoms with van der Waals surface area (Å²) in [5, 5.41) is 19.8. The lowest BCUT2D eigenvalue weighted by Crippen LogP contribution is -1.87. The van der Waals surface area contributed by atoms with Gasteiger partial charge < -0.3 is 10.2 Å². The summed E-state index contributed by atoms with van der Waals surface area (Å²) in [5.41, 5.74) is 0. The summed E-state index contributed by atoms with van der Waals surface area (Å²) in [6.45, 7) is 4.36. The Balaban J connectivity index is 0. The molecule has 0 aliphatic heterocycles. The molecule has 6 nitrogen and oxygen atoms in total. The Morgan fingerprint density at radius 3 is 1.33 bits per heavy atom. The van der Waals surface area contributed by atoms with Gasteiger partial charge in [-0.3, -0.25) is 0 Å². The van der Waals surface area contributed by atoms with Crippen LogP contribution in [0.25, 0.3) is 0 Å². The summed E-state index contributed by atoms with van der Waals surface area (Å²) in [6.07, 6.45) is -0.597. The molecule has 0 bridgehead atoms. The lowest BCUT2D eigenvalue weighted by atomic mass is 10.4. The van der Waals surface area contributed by atoms with Crippen LogP contribution < -0.4 is 0 Å². The topological polar surface area (TPSA) is 99.3 Å². The molecule has 0 spiro atoms. The van der Waals surface area contributed by atoms with Gasteiger partial charge in [0.15, 0.2) is 0 Å². The molecule has 12 heavy (non-hydrogen) atoms. The molecular weight excluding hydrogens is 164 g/mol. The van der Waals surface area contributed by atoms with E-state index in [-0.39, 0.29) is 0 Å². The third-order valence-electron chi connectivity index (χ3n) is 0.721. The number of azo groups is 1. The van der Waals surface area contributed by atoms with Crippen molar-refractivity contribution < 1.29 is 19.8 Å². The van der Waals surface area contributed by atoms with E-state index in [4.69, 9.17) is 10.2 Å². The number of rotatable bonds is 1. The highest BCUT2D eigenvalue weighted by atomic mass is 16.4. The average Bonchev–Trinajstić information content (AvgIpc) is 2.01. The van der Waals surface area contributed by atoms with Crippen LogP contribution in [0, 0.1) is 0 Å². The molecule has 0 saturated heterocycles. The third kappa shape index (κ3) is 23.6. The molecule has 0 unspecified atom stereocenters. The first kappa shape index (κ1) is 13.2. The maximum atomic E-state index is 9.38. The number of carbonyl (C=O) groups is 2. The molecule has 0 aromatic heterocycles. The molecule has 0 atom stereocenters. The maximum Gasteiger partial charge on any atom is 0.450 e. The second-order valence-electron chi connectivity index (χ2n) is 1.77. The van der Waals surface area contributed by atoms with Crippen molar-refractivity contribution >= 4 is 12.2 Å². The van der Waals surface area contributed by atoms with Gasteiger partial charge in [0.1, 0.15) is 0 Å². The number of nitrogens with zero attached hydrogens (tertiary/aromatic N) is 2. The van der Waals surface area contributed by atoms with Gasteiger partial charge in [-0.2, -0.15) is 0 Å². The molecular formula is C6H12N2O4. The highest BCUT2D eigenvalue weighted by Gasteiger charge is 1.91.